The highest BCUT2D eigenvalue weighted by Gasteiger charge is 2.24. The first kappa shape index (κ1) is 13.5. The minimum absolute atomic E-state index is 0.00632. The maximum atomic E-state index is 11.1. The number of hydrogen-bond acceptors (Lipinski definition) is 5. The quantitative estimate of drug-likeness (QED) is 0.365. The number of imidazole rings is 1. The first-order valence-electron chi connectivity index (χ1n) is 6.11. The standard InChI is InChI=1S/C12H16N4O2S/c1-3-4-5-6-9(2)13-10-11(16(17)18)15-7-8-19-12(15)14-10/h3,7-9,13H,1,4-6H2,2H3. The first-order valence-corrected chi connectivity index (χ1v) is 6.98. The van der Waals surface area contributed by atoms with E-state index in [-0.39, 0.29) is 11.9 Å². The number of nitrogens with one attached hydrogen (secondary N) is 1. The highest BCUT2D eigenvalue weighted by atomic mass is 32.1. The molecule has 1 N–H and O–H groups in total. The first-order chi connectivity index (χ1) is 9.13. The van der Waals surface area contributed by atoms with E-state index in [9.17, 15) is 10.1 Å². The van der Waals surface area contributed by atoms with Gasteiger partial charge in [-0.3, -0.25) is 0 Å². The summed E-state index contributed by atoms with van der Waals surface area (Å²) in [6.07, 6.45) is 6.43. The summed E-state index contributed by atoms with van der Waals surface area (Å²) in [5, 5.41) is 16.0. The van der Waals surface area contributed by atoms with E-state index >= 15 is 0 Å². The molecule has 7 heteroatoms. The van der Waals surface area contributed by atoms with Gasteiger partial charge in [-0.2, -0.15) is 9.38 Å². The Balaban J connectivity index is 2.15. The molecule has 0 amide bonds. The van der Waals surface area contributed by atoms with E-state index in [4.69, 9.17) is 0 Å². The molecule has 2 aromatic heterocycles. The van der Waals surface area contributed by atoms with Crippen LogP contribution in [0.4, 0.5) is 11.6 Å². The van der Waals surface area contributed by atoms with Crippen molar-refractivity contribution in [2.24, 2.45) is 0 Å². The molecule has 0 aliphatic carbocycles. The third-order valence-electron chi connectivity index (χ3n) is 2.84. The van der Waals surface area contributed by atoms with Crippen LogP contribution in [0.5, 0.6) is 0 Å². The van der Waals surface area contributed by atoms with Crippen molar-refractivity contribution in [2.75, 3.05) is 5.32 Å². The minimum Gasteiger partial charge on any atom is -0.360 e. The van der Waals surface area contributed by atoms with Crippen LogP contribution in [-0.2, 0) is 0 Å². The molecule has 0 radical (unpaired) electrons. The molecule has 0 saturated carbocycles. The van der Waals surface area contributed by atoms with Crippen molar-refractivity contribution in [3.8, 4) is 0 Å². The SMILES string of the molecule is C=CCCCC(C)Nc1nc2sccn2c1[N+](=O)[O-]. The number of rotatable bonds is 7. The van der Waals surface area contributed by atoms with E-state index in [2.05, 4.69) is 16.9 Å². The second kappa shape index (κ2) is 5.83. The predicted molar refractivity (Wildman–Crippen MR) is 76.9 cm³/mol. The topological polar surface area (TPSA) is 72.5 Å². The van der Waals surface area contributed by atoms with E-state index in [1.807, 2.05) is 13.0 Å². The van der Waals surface area contributed by atoms with Crippen molar-refractivity contribution in [2.45, 2.75) is 32.2 Å². The maximum absolute atomic E-state index is 11.1. The van der Waals surface area contributed by atoms with Crippen LogP contribution in [0.1, 0.15) is 26.2 Å². The van der Waals surface area contributed by atoms with Gasteiger partial charge in [0.15, 0.2) is 0 Å². The van der Waals surface area contributed by atoms with Gasteiger partial charge in [-0.05, 0) is 31.1 Å². The van der Waals surface area contributed by atoms with Crippen molar-refractivity contribution in [3.05, 3.63) is 34.3 Å². The Kier molecular flexibility index (Phi) is 4.16. The highest BCUT2D eigenvalue weighted by Crippen LogP contribution is 2.28. The molecule has 0 bridgehead atoms. The van der Waals surface area contributed by atoms with Crippen molar-refractivity contribution in [1.29, 1.82) is 0 Å². The summed E-state index contributed by atoms with van der Waals surface area (Å²) in [7, 11) is 0. The largest absolute Gasteiger partial charge is 0.372 e. The molecule has 1 unspecified atom stereocenters. The van der Waals surface area contributed by atoms with Crippen LogP contribution in [-0.4, -0.2) is 20.3 Å². The van der Waals surface area contributed by atoms with Gasteiger partial charge in [-0.1, -0.05) is 17.4 Å². The zero-order valence-corrected chi connectivity index (χ0v) is 11.5. The molecule has 19 heavy (non-hydrogen) atoms. The van der Waals surface area contributed by atoms with Crippen molar-refractivity contribution >= 4 is 27.9 Å². The summed E-state index contributed by atoms with van der Waals surface area (Å²) in [4.78, 5) is 15.6. The van der Waals surface area contributed by atoms with Gasteiger partial charge in [0.1, 0.15) is 6.20 Å². The van der Waals surface area contributed by atoms with Crippen LogP contribution < -0.4 is 5.32 Å². The molecule has 0 fully saturated rings. The Bertz CT molecular complexity index is 590. The lowest BCUT2D eigenvalue weighted by Crippen LogP contribution is -2.16. The average molecular weight is 280 g/mol. The summed E-state index contributed by atoms with van der Waals surface area (Å²) < 4.78 is 1.50. The number of hydrogen-bond donors (Lipinski definition) is 1. The van der Waals surface area contributed by atoms with Crippen LogP contribution in [0.25, 0.3) is 4.96 Å². The molecule has 0 saturated heterocycles. The lowest BCUT2D eigenvalue weighted by Gasteiger charge is -2.12. The summed E-state index contributed by atoms with van der Waals surface area (Å²) in [5.41, 5.74) is 0. The molecule has 0 spiro atoms. The molecule has 2 heterocycles. The van der Waals surface area contributed by atoms with Gasteiger partial charge in [0.25, 0.3) is 4.96 Å². The number of nitro groups is 1. The Morgan fingerprint density at radius 3 is 3.21 bits per heavy atom. The molecule has 2 rings (SSSR count). The van der Waals surface area contributed by atoms with Crippen molar-refractivity contribution in [1.82, 2.24) is 9.38 Å². The normalized spacial score (nSPS) is 12.5. The van der Waals surface area contributed by atoms with Crippen LogP contribution in [0.3, 0.4) is 0 Å². The van der Waals surface area contributed by atoms with Gasteiger partial charge < -0.3 is 15.4 Å². The average Bonchev–Trinajstić information content (AvgIpc) is 2.88. The third-order valence-corrected chi connectivity index (χ3v) is 3.59. The smallest absolute Gasteiger partial charge is 0.360 e. The molecule has 6 nitrogen and oxygen atoms in total. The molecule has 102 valence electrons. The van der Waals surface area contributed by atoms with Gasteiger partial charge in [0.2, 0.25) is 5.82 Å². The fourth-order valence-corrected chi connectivity index (χ4v) is 2.63. The molecule has 1 atom stereocenters. The number of allylic oxidation sites excluding steroid dienone is 1. The third kappa shape index (κ3) is 2.93. The Morgan fingerprint density at radius 2 is 2.53 bits per heavy atom. The predicted octanol–water partition coefficient (Wildman–Crippen LogP) is 3.46. The second-order valence-corrected chi connectivity index (χ2v) is 5.23. The number of nitrogens with zero attached hydrogens (tertiary/aromatic N) is 3. The molecular formula is C12H16N4O2S. The number of anilines is 1. The zero-order valence-electron chi connectivity index (χ0n) is 10.7. The van der Waals surface area contributed by atoms with Gasteiger partial charge in [0, 0.05) is 11.4 Å². The zero-order chi connectivity index (χ0) is 13.8. The number of thiazole rings is 1. The summed E-state index contributed by atoms with van der Waals surface area (Å²) in [6.45, 7) is 5.68. The lowest BCUT2D eigenvalue weighted by atomic mass is 10.1. The van der Waals surface area contributed by atoms with Gasteiger partial charge >= 0.3 is 5.82 Å². The number of unbranched alkanes of at least 4 members (excludes halogenated alkanes) is 1. The summed E-state index contributed by atoms with van der Waals surface area (Å²) >= 11 is 1.38. The second-order valence-electron chi connectivity index (χ2n) is 4.36. The highest BCUT2D eigenvalue weighted by molar-refractivity contribution is 7.15. The van der Waals surface area contributed by atoms with Crippen molar-refractivity contribution in [3.63, 3.8) is 0 Å². The van der Waals surface area contributed by atoms with E-state index in [0.29, 0.717) is 10.8 Å². The maximum Gasteiger partial charge on any atom is 0.372 e. The molecular weight excluding hydrogens is 264 g/mol. The van der Waals surface area contributed by atoms with E-state index in [0.717, 1.165) is 19.3 Å². The fourth-order valence-electron chi connectivity index (χ4n) is 1.92. The van der Waals surface area contributed by atoms with Gasteiger partial charge in [-0.25, -0.2) is 0 Å². The van der Waals surface area contributed by atoms with E-state index < -0.39 is 4.92 Å². The summed E-state index contributed by atoms with van der Waals surface area (Å²) in [6, 6.07) is 0.142. The molecule has 0 aromatic carbocycles. The fraction of sp³-hybridized carbons (Fsp3) is 0.417. The Hall–Kier alpha value is -1.89. The van der Waals surface area contributed by atoms with Crippen LogP contribution >= 0.6 is 11.3 Å². The van der Waals surface area contributed by atoms with Gasteiger partial charge in [-0.15, -0.1) is 6.58 Å². The van der Waals surface area contributed by atoms with Crippen LogP contribution in [0, 0.1) is 10.1 Å². The van der Waals surface area contributed by atoms with E-state index in [1.54, 1.807) is 11.6 Å². The van der Waals surface area contributed by atoms with E-state index in [1.165, 1.54) is 15.7 Å². The van der Waals surface area contributed by atoms with Crippen LogP contribution in [0.15, 0.2) is 24.2 Å². The minimum atomic E-state index is -0.397. The molecule has 0 aliphatic heterocycles. The van der Waals surface area contributed by atoms with Gasteiger partial charge in [0.05, 0.1) is 0 Å². The molecule has 2 aromatic rings. The number of aromatic nitrogens is 2. The Morgan fingerprint density at radius 1 is 1.74 bits per heavy atom. The molecule has 0 aliphatic rings. The monoisotopic (exact) mass is 280 g/mol. The number of fused-ring (bicyclic) bond motifs is 1. The lowest BCUT2D eigenvalue weighted by molar-refractivity contribution is -0.389. The Labute approximate surface area is 114 Å². The van der Waals surface area contributed by atoms with Crippen LogP contribution in [0.2, 0.25) is 0 Å². The summed E-state index contributed by atoms with van der Waals surface area (Å²) in [5.74, 6) is 0.356. The van der Waals surface area contributed by atoms with Crippen molar-refractivity contribution < 1.29 is 4.92 Å².